The fourth-order valence-corrected chi connectivity index (χ4v) is 2.18. The van der Waals surface area contributed by atoms with Gasteiger partial charge in [0, 0.05) is 36.4 Å². The van der Waals surface area contributed by atoms with Crippen LogP contribution in [-0.2, 0) is 7.05 Å². The van der Waals surface area contributed by atoms with E-state index in [2.05, 4.69) is 24.3 Å². The van der Waals surface area contributed by atoms with Gasteiger partial charge in [-0.25, -0.2) is 0 Å². The van der Waals surface area contributed by atoms with Gasteiger partial charge in [-0.3, -0.25) is 4.68 Å². The van der Waals surface area contributed by atoms with Gasteiger partial charge in [-0.1, -0.05) is 0 Å². The third-order valence-electron chi connectivity index (χ3n) is 3.40. The second kappa shape index (κ2) is 3.94. The highest BCUT2D eigenvalue weighted by atomic mass is 15.3. The van der Waals surface area contributed by atoms with Gasteiger partial charge in [-0.05, 0) is 26.7 Å². The van der Waals surface area contributed by atoms with Crippen molar-refractivity contribution in [2.75, 3.05) is 0 Å². The van der Waals surface area contributed by atoms with Gasteiger partial charge in [0.15, 0.2) is 0 Å². The number of nitrogens with one attached hydrogen (secondary N) is 1. The van der Waals surface area contributed by atoms with E-state index in [0.717, 1.165) is 12.8 Å². The Morgan fingerprint density at radius 2 is 2.27 bits per heavy atom. The Balaban J connectivity index is 1.96. The molecule has 15 heavy (non-hydrogen) atoms. The van der Waals surface area contributed by atoms with E-state index in [0.29, 0.717) is 18.1 Å². The molecule has 0 radical (unpaired) electrons. The van der Waals surface area contributed by atoms with E-state index in [-0.39, 0.29) is 0 Å². The molecule has 1 aliphatic rings. The van der Waals surface area contributed by atoms with E-state index in [1.807, 2.05) is 17.9 Å². The molecule has 1 aromatic rings. The van der Waals surface area contributed by atoms with E-state index in [1.165, 1.54) is 11.3 Å². The average molecular weight is 208 g/mol. The number of hydrogen-bond acceptors (Lipinski definition) is 3. The highest BCUT2D eigenvalue weighted by Crippen LogP contribution is 2.23. The lowest BCUT2D eigenvalue weighted by Gasteiger charge is -2.35. The predicted molar refractivity (Wildman–Crippen MR) is 60.5 cm³/mol. The van der Waals surface area contributed by atoms with Crippen molar-refractivity contribution in [3.63, 3.8) is 0 Å². The summed E-state index contributed by atoms with van der Waals surface area (Å²) in [7, 11) is 1.98. The molecule has 0 bridgehead atoms. The highest BCUT2D eigenvalue weighted by molar-refractivity contribution is 5.20. The van der Waals surface area contributed by atoms with Gasteiger partial charge in [0.1, 0.15) is 0 Å². The molecule has 1 aliphatic carbocycles. The Morgan fingerprint density at radius 3 is 2.73 bits per heavy atom. The summed E-state index contributed by atoms with van der Waals surface area (Å²) in [4.78, 5) is 0. The topological polar surface area (TPSA) is 55.9 Å². The molecule has 1 aromatic heterocycles. The normalized spacial score (nSPS) is 27.5. The van der Waals surface area contributed by atoms with Crippen molar-refractivity contribution in [2.45, 2.75) is 44.8 Å². The van der Waals surface area contributed by atoms with Crippen LogP contribution in [0.25, 0.3) is 0 Å². The van der Waals surface area contributed by atoms with Crippen LogP contribution in [0.5, 0.6) is 0 Å². The number of nitrogens with zero attached hydrogens (tertiary/aromatic N) is 2. The first-order valence-electron chi connectivity index (χ1n) is 5.58. The first kappa shape index (κ1) is 10.6. The van der Waals surface area contributed by atoms with Crippen molar-refractivity contribution in [3.05, 3.63) is 17.5 Å². The van der Waals surface area contributed by atoms with Crippen LogP contribution in [-0.4, -0.2) is 21.9 Å². The van der Waals surface area contributed by atoms with Crippen LogP contribution in [0.15, 0.2) is 6.20 Å². The summed E-state index contributed by atoms with van der Waals surface area (Å²) in [5.41, 5.74) is 8.29. The largest absolute Gasteiger partial charge is 0.328 e. The van der Waals surface area contributed by atoms with Crippen molar-refractivity contribution in [2.24, 2.45) is 12.8 Å². The Labute approximate surface area is 90.8 Å². The maximum atomic E-state index is 5.76. The fraction of sp³-hybridized carbons (Fsp3) is 0.727. The van der Waals surface area contributed by atoms with E-state index >= 15 is 0 Å². The van der Waals surface area contributed by atoms with E-state index in [9.17, 15) is 0 Å². The summed E-state index contributed by atoms with van der Waals surface area (Å²) in [6.45, 7) is 4.29. The molecular formula is C11H20N4. The monoisotopic (exact) mass is 208 g/mol. The van der Waals surface area contributed by atoms with Gasteiger partial charge >= 0.3 is 0 Å². The maximum Gasteiger partial charge on any atom is 0.0540 e. The number of aryl methyl sites for hydroxylation is 1. The molecule has 0 saturated heterocycles. The summed E-state index contributed by atoms with van der Waals surface area (Å²) in [5, 5.41) is 7.84. The second-order valence-corrected chi connectivity index (χ2v) is 4.63. The van der Waals surface area contributed by atoms with Crippen molar-refractivity contribution in [1.29, 1.82) is 0 Å². The average Bonchev–Trinajstić information content (AvgIpc) is 2.45. The highest BCUT2D eigenvalue weighted by Gasteiger charge is 2.27. The van der Waals surface area contributed by atoms with Crippen LogP contribution >= 0.6 is 0 Å². The zero-order valence-electron chi connectivity index (χ0n) is 9.70. The molecule has 0 aromatic carbocycles. The number of aromatic nitrogens is 2. The minimum Gasteiger partial charge on any atom is -0.328 e. The summed E-state index contributed by atoms with van der Waals surface area (Å²) in [6.07, 6.45) is 4.15. The zero-order valence-corrected chi connectivity index (χ0v) is 9.70. The lowest BCUT2D eigenvalue weighted by Crippen LogP contribution is -2.49. The lowest BCUT2D eigenvalue weighted by molar-refractivity contribution is 0.272. The van der Waals surface area contributed by atoms with Gasteiger partial charge in [0.05, 0.1) is 6.20 Å². The summed E-state index contributed by atoms with van der Waals surface area (Å²) >= 11 is 0. The number of nitrogens with two attached hydrogens (primary N) is 1. The molecule has 2 rings (SSSR count). The number of rotatable bonds is 3. The van der Waals surface area contributed by atoms with Crippen LogP contribution in [0.1, 0.15) is 37.1 Å². The van der Waals surface area contributed by atoms with Gasteiger partial charge in [-0.15, -0.1) is 0 Å². The van der Waals surface area contributed by atoms with Gasteiger partial charge in [-0.2, -0.15) is 5.10 Å². The molecular weight excluding hydrogens is 188 g/mol. The second-order valence-electron chi connectivity index (χ2n) is 4.63. The Hall–Kier alpha value is -0.870. The molecule has 3 N–H and O–H groups in total. The molecule has 84 valence electrons. The standard InChI is InChI=1S/C11H20N4/c1-7(14-10-4-9(12)5-10)11-6-13-15(3)8(11)2/h6-7,9-10,14H,4-5,12H2,1-3H3. The molecule has 4 heteroatoms. The lowest BCUT2D eigenvalue weighted by atomic mass is 9.87. The molecule has 1 atom stereocenters. The molecule has 1 saturated carbocycles. The van der Waals surface area contributed by atoms with Crippen molar-refractivity contribution in [1.82, 2.24) is 15.1 Å². The molecule has 4 nitrogen and oxygen atoms in total. The summed E-state index contributed by atoms with van der Waals surface area (Å²) < 4.78 is 1.92. The van der Waals surface area contributed by atoms with E-state index in [4.69, 9.17) is 5.73 Å². The van der Waals surface area contributed by atoms with Crippen molar-refractivity contribution >= 4 is 0 Å². The molecule has 0 aliphatic heterocycles. The molecule has 1 fully saturated rings. The Kier molecular flexibility index (Phi) is 2.80. The van der Waals surface area contributed by atoms with Gasteiger partial charge < -0.3 is 11.1 Å². The third kappa shape index (κ3) is 2.06. The van der Waals surface area contributed by atoms with Crippen LogP contribution in [0.3, 0.4) is 0 Å². The quantitative estimate of drug-likeness (QED) is 0.775. The summed E-state index contributed by atoms with van der Waals surface area (Å²) in [6, 6.07) is 1.37. The Morgan fingerprint density at radius 1 is 1.60 bits per heavy atom. The summed E-state index contributed by atoms with van der Waals surface area (Å²) in [5.74, 6) is 0. The van der Waals surface area contributed by atoms with Gasteiger partial charge in [0.25, 0.3) is 0 Å². The van der Waals surface area contributed by atoms with Crippen molar-refractivity contribution < 1.29 is 0 Å². The van der Waals surface area contributed by atoms with Crippen LogP contribution in [0.4, 0.5) is 0 Å². The molecule has 0 spiro atoms. The zero-order chi connectivity index (χ0) is 11.0. The minimum atomic E-state index is 0.371. The first-order chi connectivity index (χ1) is 7.08. The van der Waals surface area contributed by atoms with Crippen LogP contribution in [0, 0.1) is 6.92 Å². The van der Waals surface area contributed by atoms with Gasteiger partial charge in [0.2, 0.25) is 0 Å². The Bertz CT molecular complexity index is 338. The van der Waals surface area contributed by atoms with Crippen molar-refractivity contribution in [3.8, 4) is 0 Å². The van der Waals surface area contributed by atoms with E-state index in [1.54, 1.807) is 0 Å². The molecule has 1 unspecified atom stereocenters. The minimum absolute atomic E-state index is 0.371. The maximum absolute atomic E-state index is 5.76. The first-order valence-corrected chi connectivity index (χ1v) is 5.58. The predicted octanol–water partition coefficient (Wildman–Crippen LogP) is 0.869. The molecule has 1 heterocycles. The fourth-order valence-electron chi connectivity index (χ4n) is 2.18. The molecule has 0 amide bonds. The van der Waals surface area contributed by atoms with E-state index < -0.39 is 0 Å². The van der Waals surface area contributed by atoms with Crippen LogP contribution in [0.2, 0.25) is 0 Å². The smallest absolute Gasteiger partial charge is 0.0540 e. The SMILES string of the molecule is Cc1c(C(C)NC2CC(N)C2)cnn1C. The number of hydrogen-bond donors (Lipinski definition) is 2. The third-order valence-corrected chi connectivity index (χ3v) is 3.40. The van der Waals surface area contributed by atoms with Crippen LogP contribution < -0.4 is 11.1 Å².